The number of rotatable bonds is 4. The highest BCUT2D eigenvalue weighted by Gasteiger charge is 2.07. The van der Waals surface area contributed by atoms with E-state index in [1.165, 1.54) is 0 Å². The van der Waals surface area contributed by atoms with Crippen LogP contribution in [0.4, 0.5) is 5.69 Å². The molecule has 0 saturated carbocycles. The van der Waals surface area contributed by atoms with E-state index in [4.69, 9.17) is 10.5 Å². The number of ether oxygens (including phenoxy) is 1. The van der Waals surface area contributed by atoms with E-state index in [0.29, 0.717) is 12.3 Å². The fourth-order valence-corrected chi connectivity index (χ4v) is 1.81. The van der Waals surface area contributed by atoms with Crippen molar-refractivity contribution in [1.29, 1.82) is 0 Å². The van der Waals surface area contributed by atoms with Gasteiger partial charge in [0.05, 0.1) is 24.3 Å². The van der Waals surface area contributed by atoms with E-state index >= 15 is 0 Å². The van der Waals surface area contributed by atoms with Gasteiger partial charge in [-0.15, -0.1) is 0 Å². The quantitative estimate of drug-likeness (QED) is 0.843. The number of nitrogens with two attached hydrogens (primary N) is 1. The van der Waals surface area contributed by atoms with E-state index in [1.807, 2.05) is 42.9 Å². The maximum atomic E-state index is 5.91. The van der Waals surface area contributed by atoms with Crippen LogP contribution in [0.2, 0.25) is 0 Å². The van der Waals surface area contributed by atoms with Gasteiger partial charge in [-0.1, -0.05) is 6.92 Å². The van der Waals surface area contributed by atoms with Crippen molar-refractivity contribution < 1.29 is 4.74 Å². The normalized spacial score (nSPS) is 10.6. The number of hydrogen-bond acceptors (Lipinski definition) is 3. The zero-order valence-corrected chi connectivity index (χ0v) is 11.1. The molecule has 96 valence electrons. The Morgan fingerprint density at radius 1 is 1.28 bits per heavy atom. The largest absolute Gasteiger partial charge is 0.493 e. The van der Waals surface area contributed by atoms with E-state index in [2.05, 4.69) is 11.9 Å². The molecule has 0 atom stereocenters. The summed E-state index contributed by atoms with van der Waals surface area (Å²) in [6, 6.07) is 5.76. The van der Waals surface area contributed by atoms with Gasteiger partial charge >= 0.3 is 0 Å². The molecule has 0 bridgehead atoms. The SMILES string of the molecule is CCCOc1cc(N)cc(-n2cnc(C)c2C)c1. The molecule has 4 heteroatoms. The summed E-state index contributed by atoms with van der Waals surface area (Å²) < 4.78 is 7.65. The molecule has 0 aliphatic carbocycles. The maximum absolute atomic E-state index is 5.91. The first-order valence-electron chi connectivity index (χ1n) is 6.16. The molecule has 2 rings (SSSR count). The molecule has 0 aliphatic heterocycles. The minimum atomic E-state index is 0.698. The maximum Gasteiger partial charge on any atom is 0.123 e. The van der Waals surface area contributed by atoms with Gasteiger partial charge in [0, 0.05) is 23.5 Å². The zero-order chi connectivity index (χ0) is 13.1. The lowest BCUT2D eigenvalue weighted by Crippen LogP contribution is -2.00. The summed E-state index contributed by atoms with van der Waals surface area (Å²) in [6.07, 6.45) is 2.79. The topological polar surface area (TPSA) is 53.1 Å². The van der Waals surface area contributed by atoms with Gasteiger partial charge in [-0.3, -0.25) is 0 Å². The van der Waals surface area contributed by atoms with Gasteiger partial charge in [0.25, 0.3) is 0 Å². The highest BCUT2D eigenvalue weighted by atomic mass is 16.5. The minimum Gasteiger partial charge on any atom is -0.493 e. The summed E-state index contributed by atoms with van der Waals surface area (Å²) in [4.78, 5) is 4.30. The van der Waals surface area contributed by atoms with Gasteiger partial charge in [-0.2, -0.15) is 0 Å². The minimum absolute atomic E-state index is 0.698. The van der Waals surface area contributed by atoms with Crippen LogP contribution in [0, 0.1) is 13.8 Å². The smallest absolute Gasteiger partial charge is 0.123 e. The first-order valence-corrected chi connectivity index (χ1v) is 6.16. The van der Waals surface area contributed by atoms with Crippen LogP contribution in [0.3, 0.4) is 0 Å². The molecule has 0 unspecified atom stereocenters. The zero-order valence-electron chi connectivity index (χ0n) is 11.1. The van der Waals surface area contributed by atoms with Crippen molar-refractivity contribution in [2.45, 2.75) is 27.2 Å². The standard InChI is InChI=1S/C14H19N3O/c1-4-5-18-14-7-12(15)6-13(8-14)17-9-16-10(2)11(17)3/h6-9H,4-5,15H2,1-3H3. The molecule has 2 aromatic rings. The van der Waals surface area contributed by atoms with Crippen molar-refractivity contribution in [3.8, 4) is 11.4 Å². The third-order valence-corrected chi connectivity index (χ3v) is 2.92. The van der Waals surface area contributed by atoms with Crippen LogP contribution in [0.1, 0.15) is 24.7 Å². The molecule has 0 aliphatic rings. The molecule has 1 aromatic heterocycles. The van der Waals surface area contributed by atoms with E-state index in [1.54, 1.807) is 0 Å². The predicted octanol–water partition coefficient (Wildman–Crippen LogP) is 2.86. The van der Waals surface area contributed by atoms with Crippen molar-refractivity contribution in [2.24, 2.45) is 0 Å². The molecule has 0 amide bonds. The van der Waals surface area contributed by atoms with Gasteiger partial charge in [0.1, 0.15) is 5.75 Å². The van der Waals surface area contributed by atoms with Crippen molar-refractivity contribution in [3.05, 3.63) is 35.9 Å². The number of nitrogens with zero attached hydrogens (tertiary/aromatic N) is 2. The van der Waals surface area contributed by atoms with Crippen LogP contribution in [0.5, 0.6) is 5.75 Å². The van der Waals surface area contributed by atoms with Crippen molar-refractivity contribution >= 4 is 5.69 Å². The lowest BCUT2D eigenvalue weighted by atomic mass is 10.2. The second-order valence-electron chi connectivity index (χ2n) is 4.39. The second-order valence-corrected chi connectivity index (χ2v) is 4.39. The Kier molecular flexibility index (Phi) is 3.55. The summed E-state index contributed by atoms with van der Waals surface area (Å²) in [6.45, 7) is 6.81. The average molecular weight is 245 g/mol. The van der Waals surface area contributed by atoms with Crippen LogP contribution >= 0.6 is 0 Å². The number of benzene rings is 1. The molecule has 0 spiro atoms. The number of nitrogen functional groups attached to an aromatic ring is 1. The highest BCUT2D eigenvalue weighted by Crippen LogP contribution is 2.23. The Labute approximate surface area is 107 Å². The molecule has 4 nitrogen and oxygen atoms in total. The first-order chi connectivity index (χ1) is 8.61. The summed E-state index contributed by atoms with van der Waals surface area (Å²) >= 11 is 0. The van der Waals surface area contributed by atoms with Crippen molar-refractivity contribution in [1.82, 2.24) is 9.55 Å². The van der Waals surface area contributed by atoms with E-state index in [-0.39, 0.29) is 0 Å². The number of aromatic nitrogens is 2. The van der Waals surface area contributed by atoms with E-state index in [9.17, 15) is 0 Å². The fraction of sp³-hybridized carbons (Fsp3) is 0.357. The summed E-state index contributed by atoms with van der Waals surface area (Å²) in [5.41, 5.74) is 9.73. The second kappa shape index (κ2) is 5.12. The average Bonchev–Trinajstić information content (AvgIpc) is 2.67. The van der Waals surface area contributed by atoms with Crippen molar-refractivity contribution in [3.63, 3.8) is 0 Å². The van der Waals surface area contributed by atoms with Gasteiger partial charge in [0.15, 0.2) is 0 Å². The third-order valence-electron chi connectivity index (χ3n) is 2.92. The molecule has 1 aromatic carbocycles. The lowest BCUT2D eigenvalue weighted by molar-refractivity contribution is 0.317. The summed E-state index contributed by atoms with van der Waals surface area (Å²) in [5.74, 6) is 0.803. The van der Waals surface area contributed by atoms with E-state index in [0.717, 1.165) is 29.2 Å². The Morgan fingerprint density at radius 2 is 2.06 bits per heavy atom. The van der Waals surface area contributed by atoms with Crippen LogP contribution in [-0.2, 0) is 0 Å². The van der Waals surface area contributed by atoms with Crippen LogP contribution in [0.15, 0.2) is 24.5 Å². The predicted molar refractivity (Wildman–Crippen MR) is 73.2 cm³/mol. The monoisotopic (exact) mass is 245 g/mol. The molecular formula is C14H19N3O. The molecular weight excluding hydrogens is 226 g/mol. The number of imidazole rings is 1. The Hall–Kier alpha value is -1.97. The first kappa shape index (κ1) is 12.5. The molecule has 18 heavy (non-hydrogen) atoms. The van der Waals surface area contributed by atoms with E-state index < -0.39 is 0 Å². The van der Waals surface area contributed by atoms with Crippen LogP contribution < -0.4 is 10.5 Å². The molecule has 1 heterocycles. The van der Waals surface area contributed by atoms with Gasteiger partial charge in [0.2, 0.25) is 0 Å². The number of aryl methyl sites for hydroxylation is 1. The fourth-order valence-electron chi connectivity index (χ4n) is 1.81. The van der Waals surface area contributed by atoms with Crippen molar-refractivity contribution in [2.75, 3.05) is 12.3 Å². The number of anilines is 1. The third kappa shape index (κ3) is 2.47. The Bertz CT molecular complexity index is 546. The molecule has 0 saturated heterocycles. The molecule has 2 N–H and O–H groups in total. The van der Waals surface area contributed by atoms with Crippen LogP contribution in [0.25, 0.3) is 5.69 Å². The van der Waals surface area contributed by atoms with Gasteiger partial charge in [-0.05, 0) is 26.3 Å². The molecule has 0 radical (unpaired) electrons. The molecule has 0 fully saturated rings. The summed E-state index contributed by atoms with van der Waals surface area (Å²) in [5, 5.41) is 0. The Balaban J connectivity index is 2.38. The summed E-state index contributed by atoms with van der Waals surface area (Å²) in [7, 11) is 0. The van der Waals surface area contributed by atoms with Gasteiger partial charge in [-0.25, -0.2) is 4.98 Å². The Morgan fingerprint density at radius 3 is 2.67 bits per heavy atom. The highest BCUT2D eigenvalue weighted by molar-refractivity contribution is 5.54. The van der Waals surface area contributed by atoms with Gasteiger partial charge < -0.3 is 15.0 Å². The number of hydrogen-bond donors (Lipinski definition) is 1. The van der Waals surface area contributed by atoms with Crippen LogP contribution in [-0.4, -0.2) is 16.2 Å². The lowest BCUT2D eigenvalue weighted by Gasteiger charge is -2.11.